The van der Waals surface area contributed by atoms with E-state index in [4.69, 9.17) is 0 Å². The molecular formula is C19H25FN6O3S. The second-order valence-corrected chi connectivity index (χ2v) is 9.92. The molecule has 0 saturated carbocycles. The SMILES string of the molecule is CS(=O)(=O)N1CCC(C(=O)N2CCC(n3nnc(-c4ccc(F)cc4)n3)CC2)CC1. The molecular weight excluding hydrogens is 411 g/mol. The average Bonchev–Trinajstić information content (AvgIpc) is 3.24. The predicted octanol–water partition coefficient (Wildman–Crippen LogP) is 1.31. The normalized spacial score (nSPS) is 19.9. The molecule has 0 radical (unpaired) electrons. The first kappa shape index (κ1) is 20.9. The van der Waals surface area contributed by atoms with E-state index in [1.807, 2.05) is 4.90 Å². The number of likely N-dealkylation sites (tertiary alicyclic amines) is 1. The minimum atomic E-state index is -3.19. The zero-order chi connectivity index (χ0) is 21.3. The number of aromatic nitrogens is 4. The van der Waals surface area contributed by atoms with Crippen LogP contribution in [0.5, 0.6) is 0 Å². The van der Waals surface area contributed by atoms with E-state index in [0.29, 0.717) is 50.4 Å². The molecule has 1 aromatic heterocycles. The van der Waals surface area contributed by atoms with Crippen LogP contribution < -0.4 is 0 Å². The molecule has 0 N–H and O–H groups in total. The quantitative estimate of drug-likeness (QED) is 0.716. The molecule has 0 bridgehead atoms. The fourth-order valence-electron chi connectivity index (χ4n) is 4.10. The van der Waals surface area contributed by atoms with Gasteiger partial charge in [-0.3, -0.25) is 4.79 Å². The van der Waals surface area contributed by atoms with Crippen molar-refractivity contribution in [2.24, 2.45) is 5.92 Å². The number of halogens is 1. The summed E-state index contributed by atoms with van der Waals surface area (Å²) < 4.78 is 37.8. The van der Waals surface area contributed by atoms with Crippen molar-refractivity contribution in [2.45, 2.75) is 31.7 Å². The third-order valence-corrected chi connectivity index (χ3v) is 7.21. The Hall–Kier alpha value is -2.40. The van der Waals surface area contributed by atoms with Gasteiger partial charge in [0.15, 0.2) is 0 Å². The van der Waals surface area contributed by atoms with Crippen molar-refractivity contribution in [3.8, 4) is 11.4 Å². The van der Waals surface area contributed by atoms with Crippen molar-refractivity contribution >= 4 is 15.9 Å². The smallest absolute Gasteiger partial charge is 0.225 e. The first-order valence-electron chi connectivity index (χ1n) is 10.1. The summed E-state index contributed by atoms with van der Waals surface area (Å²) >= 11 is 0. The highest BCUT2D eigenvalue weighted by Gasteiger charge is 2.33. The highest BCUT2D eigenvalue weighted by Crippen LogP contribution is 2.26. The summed E-state index contributed by atoms with van der Waals surface area (Å²) in [6.07, 6.45) is 3.80. The molecule has 0 atom stereocenters. The molecule has 2 saturated heterocycles. The number of nitrogens with zero attached hydrogens (tertiary/aromatic N) is 6. The van der Waals surface area contributed by atoms with Crippen LogP contribution in [-0.2, 0) is 14.8 Å². The van der Waals surface area contributed by atoms with Crippen LogP contribution in [0.25, 0.3) is 11.4 Å². The summed E-state index contributed by atoms with van der Waals surface area (Å²) in [5.41, 5.74) is 0.704. The Kier molecular flexibility index (Phi) is 5.83. The summed E-state index contributed by atoms with van der Waals surface area (Å²) in [6.45, 7) is 2.04. The number of sulfonamides is 1. The molecule has 30 heavy (non-hydrogen) atoms. The number of piperidine rings is 2. The molecule has 0 aliphatic carbocycles. The number of rotatable bonds is 4. The molecule has 11 heteroatoms. The van der Waals surface area contributed by atoms with E-state index in [2.05, 4.69) is 15.4 Å². The van der Waals surface area contributed by atoms with Gasteiger partial charge in [0.2, 0.25) is 21.8 Å². The van der Waals surface area contributed by atoms with Crippen LogP contribution in [0.2, 0.25) is 0 Å². The first-order chi connectivity index (χ1) is 14.3. The maximum absolute atomic E-state index is 13.1. The number of carbonyl (C=O) groups excluding carboxylic acids is 1. The topological polar surface area (TPSA) is 101 Å². The maximum atomic E-state index is 13.1. The summed E-state index contributed by atoms with van der Waals surface area (Å²) in [5, 5.41) is 12.6. The van der Waals surface area contributed by atoms with Crippen molar-refractivity contribution in [1.29, 1.82) is 0 Å². The van der Waals surface area contributed by atoms with Gasteiger partial charge < -0.3 is 4.90 Å². The van der Waals surface area contributed by atoms with Crippen LogP contribution in [0.3, 0.4) is 0 Å². The van der Waals surface area contributed by atoms with E-state index in [9.17, 15) is 17.6 Å². The van der Waals surface area contributed by atoms with E-state index < -0.39 is 10.0 Å². The fraction of sp³-hybridized carbons (Fsp3) is 0.579. The van der Waals surface area contributed by atoms with Crippen LogP contribution in [0.4, 0.5) is 4.39 Å². The van der Waals surface area contributed by atoms with Crippen LogP contribution >= 0.6 is 0 Å². The minimum Gasteiger partial charge on any atom is -0.342 e. The first-order valence-corrected chi connectivity index (χ1v) is 12.0. The van der Waals surface area contributed by atoms with E-state index in [1.54, 1.807) is 16.9 Å². The second kappa shape index (κ2) is 8.38. The molecule has 9 nitrogen and oxygen atoms in total. The lowest BCUT2D eigenvalue weighted by Gasteiger charge is -2.36. The van der Waals surface area contributed by atoms with E-state index >= 15 is 0 Å². The molecule has 3 heterocycles. The number of amides is 1. The van der Waals surface area contributed by atoms with Gasteiger partial charge in [-0.05, 0) is 55.2 Å². The molecule has 2 aliphatic heterocycles. The number of benzene rings is 1. The highest BCUT2D eigenvalue weighted by atomic mass is 32.2. The van der Waals surface area contributed by atoms with Crippen molar-refractivity contribution in [3.05, 3.63) is 30.1 Å². The van der Waals surface area contributed by atoms with Gasteiger partial charge in [0, 0.05) is 37.7 Å². The summed E-state index contributed by atoms with van der Waals surface area (Å²) in [7, 11) is -3.19. The van der Waals surface area contributed by atoms with Gasteiger partial charge in [-0.15, -0.1) is 10.2 Å². The number of carbonyl (C=O) groups is 1. The molecule has 1 amide bonds. The summed E-state index contributed by atoms with van der Waals surface area (Å²) in [6, 6.07) is 6.02. The molecule has 0 spiro atoms. The maximum Gasteiger partial charge on any atom is 0.225 e. The lowest BCUT2D eigenvalue weighted by atomic mass is 9.95. The third-order valence-electron chi connectivity index (χ3n) is 5.91. The lowest BCUT2D eigenvalue weighted by molar-refractivity contribution is -0.138. The van der Waals surface area contributed by atoms with E-state index in [1.165, 1.54) is 22.7 Å². The Morgan fingerprint density at radius 1 is 1.03 bits per heavy atom. The molecule has 2 aliphatic rings. The van der Waals surface area contributed by atoms with Crippen molar-refractivity contribution in [2.75, 3.05) is 32.4 Å². The van der Waals surface area contributed by atoms with E-state index in [0.717, 1.165) is 12.8 Å². The van der Waals surface area contributed by atoms with Gasteiger partial charge >= 0.3 is 0 Å². The molecule has 1 aromatic carbocycles. The zero-order valence-corrected chi connectivity index (χ0v) is 17.6. The fourth-order valence-corrected chi connectivity index (χ4v) is 4.98. The van der Waals surface area contributed by atoms with Gasteiger partial charge in [-0.25, -0.2) is 17.1 Å². The predicted molar refractivity (Wildman–Crippen MR) is 107 cm³/mol. The third kappa shape index (κ3) is 4.51. The van der Waals surface area contributed by atoms with Gasteiger partial charge in [-0.1, -0.05) is 0 Å². The van der Waals surface area contributed by atoms with Crippen molar-refractivity contribution < 1.29 is 17.6 Å². The van der Waals surface area contributed by atoms with E-state index in [-0.39, 0.29) is 23.7 Å². The van der Waals surface area contributed by atoms with Crippen molar-refractivity contribution in [3.63, 3.8) is 0 Å². The Balaban J connectivity index is 1.31. The largest absolute Gasteiger partial charge is 0.342 e. The molecule has 4 rings (SSSR count). The zero-order valence-electron chi connectivity index (χ0n) is 16.8. The standard InChI is InChI=1S/C19H25FN6O3S/c1-30(28,29)25-12-6-15(7-13-25)19(27)24-10-8-17(9-11-24)26-22-18(21-23-26)14-2-4-16(20)5-3-14/h2-5,15,17H,6-13H2,1H3. The Bertz CT molecular complexity index is 994. The Morgan fingerprint density at radius 3 is 2.27 bits per heavy atom. The lowest BCUT2D eigenvalue weighted by Crippen LogP contribution is -2.46. The van der Waals surface area contributed by atoms with Crippen LogP contribution in [0.1, 0.15) is 31.7 Å². The summed E-state index contributed by atoms with van der Waals surface area (Å²) in [4.78, 5) is 16.3. The molecule has 2 aromatic rings. The number of tetrazole rings is 1. The number of hydrogen-bond acceptors (Lipinski definition) is 6. The Morgan fingerprint density at radius 2 is 1.67 bits per heavy atom. The van der Waals surface area contributed by atoms with Gasteiger partial charge in [-0.2, -0.15) is 4.80 Å². The average molecular weight is 437 g/mol. The molecule has 162 valence electrons. The van der Waals surface area contributed by atoms with Crippen LogP contribution in [0.15, 0.2) is 24.3 Å². The van der Waals surface area contributed by atoms with Crippen LogP contribution in [0, 0.1) is 11.7 Å². The number of hydrogen-bond donors (Lipinski definition) is 0. The molecule has 2 fully saturated rings. The highest BCUT2D eigenvalue weighted by molar-refractivity contribution is 7.88. The van der Waals surface area contributed by atoms with Gasteiger partial charge in [0.05, 0.1) is 12.3 Å². The van der Waals surface area contributed by atoms with Gasteiger partial charge in [0.1, 0.15) is 5.82 Å². The monoisotopic (exact) mass is 436 g/mol. The second-order valence-electron chi connectivity index (χ2n) is 7.93. The minimum absolute atomic E-state index is 0.0582. The Labute approximate surface area is 174 Å². The molecule has 0 unspecified atom stereocenters. The van der Waals surface area contributed by atoms with Crippen molar-refractivity contribution in [1.82, 2.24) is 29.4 Å². The van der Waals surface area contributed by atoms with Gasteiger partial charge in [0.25, 0.3) is 0 Å². The summed E-state index contributed by atoms with van der Waals surface area (Å²) in [5.74, 6) is 0.130. The van der Waals surface area contributed by atoms with Crippen LogP contribution in [-0.4, -0.2) is 76.2 Å².